The minimum atomic E-state index is -3.16. The van der Waals surface area contributed by atoms with E-state index in [-0.39, 0.29) is 17.1 Å². The van der Waals surface area contributed by atoms with Gasteiger partial charge in [-0.05, 0) is 30.5 Å². The van der Waals surface area contributed by atoms with Gasteiger partial charge in [-0.1, -0.05) is 19.3 Å². The third kappa shape index (κ3) is 3.12. The number of methoxy groups -OCH3 is 2. The van der Waals surface area contributed by atoms with Crippen LogP contribution in [-0.4, -0.2) is 25.3 Å². The highest BCUT2D eigenvalue weighted by atomic mass is 19.3. The molecule has 1 fully saturated rings. The molecule has 0 atom stereocenters. The Bertz CT molecular complexity index is 587. The van der Waals surface area contributed by atoms with Crippen molar-refractivity contribution in [3.63, 3.8) is 0 Å². The zero-order valence-corrected chi connectivity index (χ0v) is 13.6. The summed E-state index contributed by atoms with van der Waals surface area (Å²) in [5.74, 6) is -4.06. The lowest BCUT2D eigenvalue weighted by Crippen LogP contribution is -2.38. The second-order valence-electron chi connectivity index (χ2n) is 6.10. The fourth-order valence-corrected chi connectivity index (χ4v) is 3.35. The van der Waals surface area contributed by atoms with Gasteiger partial charge in [0.2, 0.25) is 0 Å². The lowest BCUT2D eigenvalue weighted by atomic mass is 9.69. The van der Waals surface area contributed by atoms with E-state index in [9.17, 15) is 18.7 Å². The Labute approximate surface area is 134 Å². The molecule has 0 aliphatic heterocycles. The van der Waals surface area contributed by atoms with E-state index in [0.717, 1.165) is 26.2 Å². The minimum absolute atomic E-state index is 0.0555. The molecular formula is C17H22F2O4. The quantitative estimate of drug-likeness (QED) is 0.884. The van der Waals surface area contributed by atoms with Crippen molar-refractivity contribution in [2.24, 2.45) is 0 Å². The predicted molar refractivity (Wildman–Crippen MR) is 81.5 cm³/mol. The first kappa shape index (κ1) is 17.5. The largest absolute Gasteiger partial charge is 0.493 e. The molecule has 0 amide bonds. The first-order valence-corrected chi connectivity index (χ1v) is 7.64. The van der Waals surface area contributed by atoms with Crippen molar-refractivity contribution in [1.82, 2.24) is 0 Å². The molecule has 1 saturated carbocycles. The monoisotopic (exact) mass is 328 g/mol. The number of aliphatic carboxylic acids is 1. The molecule has 0 saturated heterocycles. The van der Waals surface area contributed by atoms with Crippen molar-refractivity contribution in [3.8, 4) is 11.5 Å². The van der Waals surface area contributed by atoms with Gasteiger partial charge < -0.3 is 14.6 Å². The number of alkyl halides is 2. The van der Waals surface area contributed by atoms with Crippen LogP contribution in [-0.2, 0) is 16.1 Å². The van der Waals surface area contributed by atoms with E-state index < -0.39 is 17.3 Å². The highest BCUT2D eigenvalue weighted by molar-refractivity contribution is 5.82. The molecule has 1 aliphatic carbocycles. The fraction of sp³-hybridized carbons (Fsp3) is 0.588. The molecule has 0 heterocycles. The standard InChI is InChI=1S/C17H22F2O4/c1-16(18,19)12-9-11(10-13(22-2)14(12)23-3)17(15(20)21)7-5-4-6-8-17/h9-10H,4-8H2,1-3H3,(H,20,21). The fourth-order valence-electron chi connectivity index (χ4n) is 3.35. The maximum absolute atomic E-state index is 14.0. The SMILES string of the molecule is COc1cc(C2(C(=O)O)CCCCC2)cc(C(C)(F)F)c1OC. The molecule has 0 bridgehead atoms. The van der Waals surface area contributed by atoms with Crippen molar-refractivity contribution in [3.05, 3.63) is 23.3 Å². The molecule has 6 heteroatoms. The minimum Gasteiger partial charge on any atom is -0.493 e. The number of halogens is 2. The van der Waals surface area contributed by atoms with Gasteiger partial charge in [0, 0.05) is 6.92 Å². The van der Waals surface area contributed by atoms with E-state index in [2.05, 4.69) is 0 Å². The van der Waals surface area contributed by atoms with Crippen molar-refractivity contribution < 1.29 is 28.2 Å². The average Bonchev–Trinajstić information content (AvgIpc) is 2.53. The zero-order chi connectivity index (χ0) is 17.3. The van der Waals surface area contributed by atoms with Crippen LogP contribution in [0.2, 0.25) is 0 Å². The molecule has 1 aromatic carbocycles. The predicted octanol–water partition coefficient (Wildman–Crippen LogP) is 4.10. The van der Waals surface area contributed by atoms with E-state index in [1.165, 1.54) is 26.4 Å². The van der Waals surface area contributed by atoms with Crippen LogP contribution in [0.4, 0.5) is 8.78 Å². The summed E-state index contributed by atoms with van der Waals surface area (Å²) in [4.78, 5) is 11.9. The molecule has 1 aromatic rings. The highest BCUT2D eigenvalue weighted by Gasteiger charge is 2.43. The molecule has 0 aromatic heterocycles. The number of carboxylic acids is 1. The van der Waals surface area contributed by atoms with Gasteiger partial charge in [-0.3, -0.25) is 4.79 Å². The molecule has 23 heavy (non-hydrogen) atoms. The Morgan fingerprint density at radius 2 is 1.78 bits per heavy atom. The van der Waals surface area contributed by atoms with Crippen LogP contribution in [0, 0.1) is 0 Å². The van der Waals surface area contributed by atoms with Crippen LogP contribution in [0.1, 0.15) is 50.2 Å². The summed E-state index contributed by atoms with van der Waals surface area (Å²) in [6.45, 7) is 0.766. The van der Waals surface area contributed by atoms with Gasteiger partial charge in [-0.25, -0.2) is 8.78 Å². The smallest absolute Gasteiger partial charge is 0.314 e. The molecule has 2 rings (SSSR count). The molecule has 1 N–H and O–H groups in total. The summed E-state index contributed by atoms with van der Waals surface area (Å²) in [6, 6.07) is 2.79. The van der Waals surface area contributed by atoms with Crippen LogP contribution in [0.15, 0.2) is 12.1 Å². The second-order valence-corrected chi connectivity index (χ2v) is 6.10. The summed E-state index contributed by atoms with van der Waals surface area (Å²) in [5, 5.41) is 9.77. The zero-order valence-electron chi connectivity index (χ0n) is 13.6. The highest BCUT2D eigenvalue weighted by Crippen LogP contribution is 2.47. The lowest BCUT2D eigenvalue weighted by molar-refractivity contribution is -0.145. The number of hydrogen-bond donors (Lipinski definition) is 1. The van der Waals surface area contributed by atoms with Gasteiger partial charge in [0.25, 0.3) is 5.92 Å². The first-order valence-electron chi connectivity index (χ1n) is 7.64. The topological polar surface area (TPSA) is 55.8 Å². The Kier molecular flexibility index (Phi) is 4.82. The molecule has 4 nitrogen and oxygen atoms in total. The number of ether oxygens (including phenoxy) is 2. The van der Waals surface area contributed by atoms with Gasteiger partial charge in [-0.15, -0.1) is 0 Å². The summed E-state index contributed by atoms with van der Waals surface area (Å²) >= 11 is 0. The Hall–Kier alpha value is -1.85. The Balaban J connectivity index is 2.69. The molecule has 0 radical (unpaired) electrons. The molecular weight excluding hydrogens is 306 g/mol. The number of carbonyl (C=O) groups is 1. The van der Waals surface area contributed by atoms with Gasteiger partial charge in [0.1, 0.15) is 0 Å². The molecule has 128 valence electrons. The number of carboxylic acid groups (broad SMARTS) is 1. The second kappa shape index (κ2) is 6.34. The molecule has 1 aliphatic rings. The van der Waals surface area contributed by atoms with E-state index in [1.807, 2.05) is 0 Å². The third-order valence-corrected chi connectivity index (χ3v) is 4.62. The van der Waals surface area contributed by atoms with E-state index >= 15 is 0 Å². The van der Waals surface area contributed by atoms with Gasteiger partial charge in [0.15, 0.2) is 11.5 Å². The Morgan fingerprint density at radius 3 is 2.22 bits per heavy atom. The number of hydrogen-bond acceptors (Lipinski definition) is 3. The number of benzene rings is 1. The maximum atomic E-state index is 14.0. The van der Waals surface area contributed by atoms with Gasteiger partial charge in [-0.2, -0.15) is 0 Å². The van der Waals surface area contributed by atoms with Crippen LogP contribution in [0.5, 0.6) is 11.5 Å². The van der Waals surface area contributed by atoms with Crippen molar-refractivity contribution in [2.75, 3.05) is 14.2 Å². The van der Waals surface area contributed by atoms with Crippen LogP contribution >= 0.6 is 0 Å². The van der Waals surface area contributed by atoms with Crippen LogP contribution in [0.3, 0.4) is 0 Å². The van der Waals surface area contributed by atoms with Crippen molar-refractivity contribution in [1.29, 1.82) is 0 Å². The van der Waals surface area contributed by atoms with Crippen molar-refractivity contribution in [2.45, 2.75) is 50.4 Å². The third-order valence-electron chi connectivity index (χ3n) is 4.62. The summed E-state index contributed by atoms with van der Waals surface area (Å²) in [6.07, 6.45) is 3.36. The lowest BCUT2D eigenvalue weighted by Gasteiger charge is -2.34. The van der Waals surface area contributed by atoms with Crippen LogP contribution in [0.25, 0.3) is 0 Å². The van der Waals surface area contributed by atoms with Crippen molar-refractivity contribution >= 4 is 5.97 Å². The van der Waals surface area contributed by atoms with Crippen LogP contribution < -0.4 is 9.47 Å². The number of rotatable bonds is 5. The molecule has 0 spiro atoms. The Morgan fingerprint density at radius 1 is 1.17 bits per heavy atom. The van der Waals surface area contributed by atoms with E-state index in [1.54, 1.807) is 0 Å². The maximum Gasteiger partial charge on any atom is 0.314 e. The summed E-state index contributed by atoms with van der Waals surface area (Å²) in [5.41, 5.74) is -1.13. The first-order chi connectivity index (χ1) is 10.8. The van der Waals surface area contributed by atoms with E-state index in [0.29, 0.717) is 18.4 Å². The normalized spacial score (nSPS) is 17.6. The van der Waals surface area contributed by atoms with Gasteiger partial charge in [0.05, 0.1) is 25.2 Å². The van der Waals surface area contributed by atoms with Gasteiger partial charge >= 0.3 is 5.97 Å². The average molecular weight is 328 g/mol. The summed E-state index contributed by atoms with van der Waals surface area (Å²) in [7, 11) is 2.65. The summed E-state index contributed by atoms with van der Waals surface area (Å²) < 4.78 is 38.3. The molecule has 0 unspecified atom stereocenters. The van der Waals surface area contributed by atoms with E-state index in [4.69, 9.17) is 9.47 Å².